The first kappa shape index (κ1) is 19.2. The van der Waals surface area contributed by atoms with E-state index in [1.807, 2.05) is 32.0 Å². The molecule has 0 spiro atoms. The Morgan fingerprint density at radius 3 is 2.52 bits per heavy atom. The summed E-state index contributed by atoms with van der Waals surface area (Å²) >= 11 is 0. The molecule has 150 valence electrons. The van der Waals surface area contributed by atoms with Crippen molar-refractivity contribution in [3.05, 3.63) is 64.4 Å². The number of likely N-dealkylation sites (N-methyl/N-ethyl adjacent to an activating group) is 1. The minimum Gasteiger partial charge on any atom is -0.464 e. The summed E-state index contributed by atoms with van der Waals surface area (Å²) < 4.78 is 5.69. The molecule has 0 atom stereocenters. The molecule has 1 heterocycles. The maximum Gasteiger partial charge on any atom is 0.243 e. The Kier molecular flexibility index (Phi) is 5.14. The van der Waals surface area contributed by atoms with Gasteiger partial charge in [-0.2, -0.15) is 0 Å². The van der Waals surface area contributed by atoms with Crippen molar-refractivity contribution in [1.29, 1.82) is 0 Å². The second-order valence-electron chi connectivity index (χ2n) is 7.97. The van der Waals surface area contributed by atoms with Crippen LogP contribution in [0.25, 0.3) is 11.0 Å². The van der Waals surface area contributed by atoms with E-state index in [0.717, 1.165) is 46.2 Å². The lowest BCUT2D eigenvalue weighted by Gasteiger charge is -2.18. The van der Waals surface area contributed by atoms with Gasteiger partial charge in [-0.1, -0.05) is 18.2 Å². The number of hydrogen-bond acceptors (Lipinski definition) is 3. The minimum absolute atomic E-state index is 0.0117. The molecule has 0 radical (unpaired) electrons. The quantitative estimate of drug-likeness (QED) is 0.711. The van der Waals surface area contributed by atoms with Gasteiger partial charge >= 0.3 is 0 Å². The molecule has 0 saturated carbocycles. The number of carbonyl (C=O) groups excluding carboxylic acids is 2. The molecule has 1 aliphatic carbocycles. The van der Waals surface area contributed by atoms with Crippen molar-refractivity contribution in [2.24, 2.45) is 0 Å². The molecule has 1 N–H and O–H groups in total. The van der Waals surface area contributed by atoms with Gasteiger partial charge in [0.05, 0.1) is 19.2 Å². The molecule has 2 amide bonds. The second kappa shape index (κ2) is 7.74. The van der Waals surface area contributed by atoms with Crippen LogP contribution < -0.4 is 5.32 Å². The van der Waals surface area contributed by atoms with Crippen molar-refractivity contribution in [3.63, 3.8) is 0 Å². The molecule has 2 aromatic carbocycles. The number of aryl methyl sites for hydroxylation is 4. The zero-order valence-corrected chi connectivity index (χ0v) is 17.2. The van der Waals surface area contributed by atoms with Gasteiger partial charge in [0.15, 0.2) is 0 Å². The van der Waals surface area contributed by atoms with Crippen molar-refractivity contribution in [2.45, 2.75) is 39.5 Å². The first-order valence-electron chi connectivity index (χ1n) is 10.0. The average Bonchev–Trinajstić information content (AvgIpc) is 3.29. The summed E-state index contributed by atoms with van der Waals surface area (Å²) in [7, 11) is 1.66. The number of anilines is 1. The Hall–Kier alpha value is -3.08. The van der Waals surface area contributed by atoms with Crippen LogP contribution in [0.15, 0.2) is 41.0 Å². The molecule has 0 fully saturated rings. The van der Waals surface area contributed by atoms with Crippen LogP contribution in [0.4, 0.5) is 5.69 Å². The van der Waals surface area contributed by atoms with Gasteiger partial charge in [-0.3, -0.25) is 9.59 Å². The van der Waals surface area contributed by atoms with Crippen molar-refractivity contribution in [2.75, 3.05) is 18.9 Å². The fourth-order valence-corrected chi connectivity index (χ4v) is 4.08. The Morgan fingerprint density at radius 2 is 1.79 bits per heavy atom. The Balaban J connectivity index is 1.42. The smallest absolute Gasteiger partial charge is 0.243 e. The molecule has 0 unspecified atom stereocenters. The lowest BCUT2D eigenvalue weighted by Crippen LogP contribution is -2.36. The monoisotopic (exact) mass is 390 g/mol. The van der Waals surface area contributed by atoms with Gasteiger partial charge in [0, 0.05) is 23.7 Å². The van der Waals surface area contributed by atoms with E-state index in [9.17, 15) is 9.59 Å². The molecule has 3 aromatic rings. The number of hydrogen-bond donors (Lipinski definition) is 1. The zero-order valence-electron chi connectivity index (χ0n) is 17.2. The van der Waals surface area contributed by atoms with Crippen LogP contribution in [0, 0.1) is 13.8 Å². The maximum atomic E-state index is 12.7. The Morgan fingerprint density at radius 1 is 1.10 bits per heavy atom. The van der Waals surface area contributed by atoms with Crippen molar-refractivity contribution >= 4 is 28.5 Å². The van der Waals surface area contributed by atoms with E-state index in [0.29, 0.717) is 0 Å². The standard InChI is InChI=1S/C24H26N2O3/c1-15-6-4-7-16(2)24(15)25-22(27)13-26(3)23(28)12-19-14-29-21-11-18-9-5-8-17(18)10-20(19)21/h4,6-7,10-11,14H,5,8-9,12-13H2,1-3H3,(H,25,27). The van der Waals surface area contributed by atoms with Crippen LogP contribution in [-0.2, 0) is 28.9 Å². The van der Waals surface area contributed by atoms with E-state index >= 15 is 0 Å². The summed E-state index contributed by atoms with van der Waals surface area (Å²) in [4.78, 5) is 26.6. The number of rotatable bonds is 5. The largest absolute Gasteiger partial charge is 0.464 e. The number of furan rings is 1. The highest BCUT2D eigenvalue weighted by Crippen LogP contribution is 2.30. The highest BCUT2D eigenvalue weighted by Gasteiger charge is 2.19. The summed E-state index contributed by atoms with van der Waals surface area (Å²) in [5.74, 6) is -0.307. The van der Waals surface area contributed by atoms with Gasteiger partial charge in [0.2, 0.25) is 11.8 Å². The van der Waals surface area contributed by atoms with Gasteiger partial charge in [-0.25, -0.2) is 0 Å². The first-order chi connectivity index (χ1) is 13.9. The predicted molar refractivity (Wildman–Crippen MR) is 114 cm³/mol. The molecular weight excluding hydrogens is 364 g/mol. The van der Waals surface area contributed by atoms with E-state index < -0.39 is 0 Å². The van der Waals surface area contributed by atoms with Gasteiger partial charge < -0.3 is 14.6 Å². The average molecular weight is 390 g/mol. The fourth-order valence-electron chi connectivity index (χ4n) is 4.08. The van der Waals surface area contributed by atoms with E-state index in [2.05, 4.69) is 17.4 Å². The fraction of sp³-hybridized carbons (Fsp3) is 0.333. The normalized spacial score (nSPS) is 12.8. The number of nitrogens with one attached hydrogen (secondary N) is 1. The highest BCUT2D eigenvalue weighted by molar-refractivity contribution is 5.96. The molecule has 5 heteroatoms. The number of fused-ring (bicyclic) bond motifs is 2. The number of benzene rings is 2. The summed E-state index contributed by atoms with van der Waals surface area (Å²) in [6.45, 7) is 3.92. The molecule has 0 aliphatic heterocycles. The molecular formula is C24H26N2O3. The van der Waals surface area contributed by atoms with Crippen LogP contribution in [0.1, 0.15) is 34.2 Å². The van der Waals surface area contributed by atoms with Gasteiger partial charge in [0.1, 0.15) is 5.58 Å². The van der Waals surface area contributed by atoms with Crippen molar-refractivity contribution in [1.82, 2.24) is 4.90 Å². The first-order valence-corrected chi connectivity index (χ1v) is 10.0. The Labute approximate surface area is 170 Å². The van der Waals surface area contributed by atoms with Crippen molar-refractivity contribution in [3.8, 4) is 0 Å². The molecule has 1 aromatic heterocycles. The van der Waals surface area contributed by atoms with E-state index in [-0.39, 0.29) is 24.8 Å². The third kappa shape index (κ3) is 3.90. The van der Waals surface area contributed by atoms with Crippen LogP contribution in [-0.4, -0.2) is 30.3 Å². The van der Waals surface area contributed by atoms with E-state index in [1.54, 1.807) is 13.3 Å². The van der Waals surface area contributed by atoms with Gasteiger partial charge in [-0.15, -0.1) is 0 Å². The third-order valence-corrected chi connectivity index (χ3v) is 5.76. The zero-order chi connectivity index (χ0) is 20.5. The minimum atomic E-state index is -0.201. The summed E-state index contributed by atoms with van der Waals surface area (Å²) in [6, 6.07) is 10.1. The molecule has 4 rings (SSSR count). The summed E-state index contributed by atoms with van der Waals surface area (Å²) in [5, 5.41) is 3.94. The van der Waals surface area contributed by atoms with E-state index in [4.69, 9.17) is 4.42 Å². The number of carbonyl (C=O) groups is 2. The highest BCUT2D eigenvalue weighted by atomic mass is 16.3. The van der Waals surface area contributed by atoms with Gasteiger partial charge in [0.25, 0.3) is 0 Å². The lowest BCUT2D eigenvalue weighted by molar-refractivity contribution is -0.132. The van der Waals surface area contributed by atoms with Crippen LogP contribution in [0.3, 0.4) is 0 Å². The molecule has 5 nitrogen and oxygen atoms in total. The molecule has 29 heavy (non-hydrogen) atoms. The number of nitrogens with zero attached hydrogens (tertiary/aromatic N) is 1. The maximum absolute atomic E-state index is 12.7. The molecule has 0 bridgehead atoms. The summed E-state index contributed by atoms with van der Waals surface area (Å²) in [5.41, 5.74) is 7.24. The molecule has 0 saturated heterocycles. The van der Waals surface area contributed by atoms with Crippen LogP contribution in [0.5, 0.6) is 0 Å². The topological polar surface area (TPSA) is 62.6 Å². The number of amides is 2. The molecule has 1 aliphatic rings. The number of para-hydroxylation sites is 1. The lowest BCUT2D eigenvalue weighted by atomic mass is 10.0. The van der Waals surface area contributed by atoms with E-state index in [1.165, 1.54) is 22.4 Å². The summed E-state index contributed by atoms with van der Waals surface area (Å²) in [6.07, 6.45) is 5.25. The third-order valence-electron chi connectivity index (χ3n) is 5.76. The van der Waals surface area contributed by atoms with Crippen LogP contribution in [0.2, 0.25) is 0 Å². The van der Waals surface area contributed by atoms with Crippen LogP contribution >= 0.6 is 0 Å². The SMILES string of the molecule is Cc1cccc(C)c1NC(=O)CN(C)C(=O)Cc1coc2cc3c(cc12)CCC3. The Bertz CT molecular complexity index is 1080. The van der Waals surface area contributed by atoms with Gasteiger partial charge in [-0.05, 0) is 67.5 Å². The van der Waals surface area contributed by atoms with Crippen molar-refractivity contribution < 1.29 is 14.0 Å². The predicted octanol–water partition coefficient (Wildman–Crippen LogP) is 4.18. The second-order valence-corrected chi connectivity index (χ2v) is 7.97.